The average molecular weight is 347 g/mol. The summed E-state index contributed by atoms with van der Waals surface area (Å²) in [4.78, 5) is 28.5. The first-order valence-electron chi connectivity index (χ1n) is 8.34. The first-order valence-corrected chi connectivity index (χ1v) is 8.34. The lowest BCUT2D eigenvalue weighted by atomic mass is 10.1. The van der Waals surface area contributed by atoms with Gasteiger partial charge in [-0.05, 0) is 36.8 Å². The third kappa shape index (κ3) is 3.09. The number of fused-ring (bicyclic) bond motifs is 2. The Morgan fingerprint density at radius 2 is 2.08 bits per heavy atom. The second-order valence-corrected chi connectivity index (χ2v) is 6.19. The van der Waals surface area contributed by atoms with E-state index < -0.39 is 6.10 Å². The summed E-state index contributed by atoms with van der Waals surface area (Å²) in [6, 6.07) is 14.8. The van der Waals surface area contributed by atoms with Crippen molar-refractivity contribution < 1.29 is 14.3 Å². The Morgan fingerprint density at radius 3 is 2.96 bits per heavy atom. The topological polar surface area (TPSA) is 80.3 Å². The van der Waals surface area contributed by atoms with Crippen LogP contribution in [0.25, 0.3) is 10.9 Å². The van der Waals surface area contributed by atoms with Crippen molar-refractivity contribution in [3.05, 3.63) is 60.3 Å². The SMILES string of the molecule is CC1Oc2ccc(CC(=O)Nc3cccc4cccnc34)cc2NC1=O. The molecular weight excluding hydrogens is 330 g/mol. The minimum Gasteiger partial charge on any atom is -0.479 e. The van der Waals surface area contributed by atoms with Gasteiger partial charge in [0.1, 0.15) is 5.75 Å². The van der Waals surface area contributed by atoms with E-state index in [2.05, 4.69) is 15.6 Å². The Morgan fingerprint density at radius 1 is 1.23 bits per heavy atom. The number of para-hydroxylation sites is 1. The molecule has 0 fully saturated rings. The van der Waals surface area contributed by atoms with Gasteiger partial charge in [0.25, 0.3) is 5.91 Å². The molecule has 1 atom stereocenters. The van der Waals surface area contributed by atoms with Crippen molar-refractivity contribution in [2.45, 2.75) is 19.4 Å². The van der Waals surface area contributed by atoms with Gasteiger partial charge >= 0.3 is 0 Å². The predicted octanol–water partition coefficient (Wildman–Crippen LogP) is 3.14. The van der Waals surface area contributed by atoms with Crippen LogP contribution in [-0.2, 0) is 16.0 Å². The Hall–Kier alpha value is -3.41. The molecule has 2 N–H and O–H groups in total. The summed E-state index contributed by atoms with van der Waals surface area (Å²) in [5, 5.41) is 6.67. The third-order valence-electron chi connectivity index (χ3n) is 4.25. The van der Waals surface area contributed by atoms with Crippen molar-refractivity contribution in [3.63, 3.8) is 0 Å². The predicted molar refractivity (Wildman–Crippen MR) is 99.2 cm³/mol. The van der Waals surface area contributed by atoms with Crippen LogP contribution in [0.15, 0.2) is 54.7 Å². The highest BCUT2D eigenvalue weighted by atomic mass is 16.5. The first kappa shape index (κ1) is 16.1. The van der Waals surface area contributed by atoms with Crippen LogP contribution < -0.4 is 15.4 Å². The van der Waals surface area contributed by atoms with Crippen molar-refractivity contribution >= 4 is 34.1 Å². The second-order valence-electron chi connectivity index (χ2n) is 6.19. The second kappa shape index (κ2) is 6.48. The molecule has 1 aromatic heterocycles. The van der Waals surface area contributed by atoms with Crippen molar-refractivity contribution in [1.29, 1.82) is 0 Å². The number of carbonyl (C=O) groups excluding carboxylic acids is 2. The molecule has 6 nitrogen and oxygen atoms in total. The fourth-order valence-corrected chi connectivity index (χ4v) is 2.95. The lowest BCUT2D eigenvalue weighted by molar-refractivity contribution is -0.122. The van der Waals surface area contributed by atoms with Crippen LogP contribution in [-0.4, -0.2) is 22.9 Å². The summed E-state index contributed by atoms with van der Waals surface area (Å²) >= 11 is 0. The van der Waals surface area contributed by atoms with Crippen molar-refractivity contribution in [3.8, 4) is 5.75 Å². The van der Waals surface area contributed by atoms with Gasteiger partial charge in [-0.1, -0.05) is 24.3 Å². The van der Waals surface area contributed by atoms with Crippen molar-refractivity contribution in [2.75, 3.05) is 10.6 Å². The number of benzene rings is 2. The highest BCUT2D eigenvalue weighted by molar-refractivity contribution is 6.01. The molecule has 26 heavy (non-hydrogen) atoms. The standard InChI is InChI=1S/C20H17N3O3/c1-12-20(25)23-16-10-13(7-8-17(16)26-12)11-18(24)22-15-6-2-4-14-5-3-9-21-19(14)15/h2-10,12H,11H2,1H3,(H,22,24)(H,23,25). The van der Waals surface area contributed by atoms with Gasteiger partial charge in [-0.25, -0.2) is 0 Å². The molecule has 0 bridgehead atoms. The van der Waals surface area contributed by atoms with Crippen LogP contribution in [0.3, 0.4) is 0 Å². The molecule has 3 aromatic rings. The van der Waals surface area contributed by atoms with Crippen LogP contribution in [0.2, 0.25) is 0 Å². The molecule has 0 aliphatic carbocycles. The summed E-state index contributed by atoms with van der Waals surface area (Å²) in [6.07, 6.45) is 1.36. The fraction of sp³-hybridized carbons (Fsp3) is 0.150. The summed E-state index contributed by atoms with van der Waals surface area (Å²) in [5.74, 6) is 0.264. The van der Waals surface area contributed by atoms with E-state index in [0.717, 1.165) is 16.5 Å². The average Bonchev–Trinajstić information content (AvgIpc) is 2.63. The van der Waals surface area contributed by atoms with Gasteiger partial charge in [0, 0.05) is 11.6 Å². The molecule has 1 aliphatic rings. The van der Waals surface area contributed by atoms with Crippen molar-refractivity contribution in [1.82, 2.24) is 4.98 Å². The van der Waals surface area contributed by atoms with E-state index in [1.807, 2.05) is 36.4 Å². The number of rotatable bonds is 3. The molecule has 6 heteroatoms. The van der Waals surface area contributed by atoms with Crippen molar-refractivity contribution in [2.24, 2.45) is 0 Å². The molecule has 0 saturated carbocycles. The quantitative estimate of drug-likeness (QED) is 0.763. The summed E-state index contributed by atoms with van der Waals surface area (Å²) in [6.45, 7) is 1.69. The zero-order valence-electron chi connectivity index (χ0n) is 14.2. The lowest BCUT2D eigenvalue weighted by Gasteiger charge is -2.23. The number of nitrogens with one attached hydrogen (secondary N) is 2. The number of hydrogen-bond acceptors (Lipinski definition) is 4. The monoisotopic (exact) mass is 347 g/mol. The molecule has 4 rings (SSSR count). The van der Waals surface area contributed by atoms with Gasteiger partial charge in [0.05, 0.1) is 23.3 Å². The van der Waals surface area contributed by atoms with Crippen LogP contribution in [0, 0.1) is 0 Å². The Bertz CT molecular complexity index is 1010. The van der Waals surface area contributed by atoms with Crippen LogP contribution in [0.4, 0.5) is 11.4 Å². The molecule has 0 spiro atoms. The zero-order chi connectivity index (χ0) is 18.1. The van der Waals surface area contributed by atoms with Gasteiger partial charge in [-0.2, -0.15) is 0 Å². The van der Waals surface area contributed by atoms with Gasteiger partial charge in [0.15, 0.2) is 6.10 Å². The van der Waals surface area contributed by atoms with Crippen LogP contribution in [0.1, 0.15) is 12.5 Å². The highest BCUT2D eigenvalue weighted by Gasteiger charge is 2.23. The summed E-state index contributed by atoms with van der Waals surface area (Å²) < 4.78 is 5.53. The van der Waals surface area contributed by atoms with E-state index >= 15 is 0 Å². The van der Waals surface area contributed by atoms with E-state index in [4.69, 9.17) is 4.74 Å². The molecule has 1 aliphatic heterocycles. The number of ether oxygens (including phenoxy) is 1. The van der Waals surface area contributed by atoms with E-state index in [-0.39, 0.29) is 18.2 Å². The van der Waals surface area contributed by atoms with Gasteiger partial charge < -0.3 is 15.4 Å². The maximum absolute atomic E-state index is 12.5. The maximum atomic E-state index is 12.5. The van der Waals surface area contributed by atoms with Crippen LogP contribution >= 0.6 is 0 Å². The number of amides is 2. The number of nitrogens with zero attached hydrogens (tertiary/aromatic N) is 1. The summed E-state index contributed by atoms with van der Waals surface area (Å²) in [7, 11) is 0. The smallest absolute Gasteiger partial charge is 0.265 e. The lowest BCUT2D eigenvalue weighted by Crippen LogP contribution is -2.34. The Kier molecular flexibility index (Phi) is 4.01. The summed E-state index contributed by atoms with van der Waals surface area (Å²) in [5.41, 5.74) is 2.80. The van der Waals surface area contributed by atoms with E-state index in [1.165, 1.54) is 0 Å². The number of aromatic nitrogens is 1. The zero-order valence-corrected chi connectivity index (χ0v) is 14.2. The van der Waals surface area contributed by atoms with Gasteiger partial charge in [0.2, 0.25) is 5.91 Å². The minimum absolute atomic E-state index is 0.153. The Balaban J connectivity index is 1.52. The van der Waals surface area contributed by atoms with Gasteiger partial charge in [-0.15, -0.1) is 0 Å². The number of carbonyl (C=O) groups is 2. The Labute approximate surface area is 150 Å². The van der Waals surface area contributed by atoms with Gasteiger partial charge in [-0.3, -0.25) is 14.6 Å². The normalized spacial score (nSPS) is 15.7. The molecule has 130 valence electrons. The number of pyridine rings is 1. The minimum atomic E-state index is -0.518. The molecule has 0 radical (unpaired) electrons. The molecule has 2 amide bonds. The molecule has 0 saturated heterocycles. The number of hydrogen-bond donors (Lipinski definition) is 2. The fourth-order valence-electron chi connectivity index (χ4n) is 2.95. The first-order chi connectivity index (χ1) is 12.6. The molecule has 2 aromatic carbocycles. The molecule has 1 unspecified atom stereocenters. The maximum Gasteiger partial charge on any atom is 0.265 e. The van der Waals surface area contributed by atoms with E-state index in [0.29, 0.717) is 17.1 Å². The molecule has 2 heterocycles. The highest BCUT2D eigenvalue weighted by Crippen LogP contribution is 2.30. The van der Waals surface area contributed by atoms with Crippen LogP contribution in [0.5, 0.6) is 5.75 Å². The largest absolute Gasteiger partial charge is 0.479 e. The van der Waals surface area contributed by atoms with E-state index in [9.17, 15) is 9.59 Å². The third-order valence-corrected chi connectivity index (χ3v) is 4.25. The molecular formula is C20H17N3O3. The number of anilines is 2. The van der Waals surface area contributed by atoms with E-state index in [1.54, 1.807) is 25.3 Å².